The molecule has 2 unspecified atom stereocenters. The quantitative estimate of drug-likeness (QED) is 0.365. The Hall–Kier alpha value is -0.650. The standard InChI is InChI=1S/C9H19N3O2/c1-7-4-3-5-12(7)8(6-14-2)9(13)11-10/h7-8H,3-6,10H2,1-2H3,(H,11,13). The lowest BCUT2D eigenvalue weighted by Gasteiger charge is -2.29. The summed E-state index contributed by atoms with van der Waals surface area (Å²) in [6.07, 6.45) is 2.28. The second-order valence-corrected chi connectivity index (χ2v) is 3.71. The van der Waals surface area contributed by atoms with Gasteiger partial charge in [0, 0.05) is 13.2 Å². The van der Waals surface area contributed by atoms with Crippen LogP contribution in [0.15, 0.2) is 0 Å². The minimum absolute atomic E-state index is 0.166. The van der Waals surface area contributed by atoms with Crippen molar-refractivity contribution in [2.45, 2.75) is 31.8 Å². The van der Waals surface area contributed by atoms with Crippen LogP contribution in [0.2, 0.25) is 0 Å². The van der Waals surface area contributed by atoms with Crippen molar-refractivity contribution in [3.63, 3.8) is 0 Å². The summed E-state index contributed by atoms with van der Waals surface area (Å²) in [5, 5.41) is 0. The lowest BCUT2D eigenvalue weighted by molar-refractivity contribution is -0.128. The number of hydrogen-bond donors (Lipinski definition) is 2. The zero-order valence-electron chi connectivity index (χ0n) is 8.82. The second-order valence-electron chi connectivity index (χ2n) is 3.71. The molecule has 1 heterocycles. The molecule has 1 saturated heterocycles. The Morgan fingerprint density at radius 2 is 2.50 bits per heavy atom. The first kappa shape index (κ1) is 11.4. The van der Waals surface area contributed by atoms with Crippen molar-refractivity contribution in [3.05, 3.63) is 0 Å². The number of carbonyl (C=O) groups is 1. The lowest BCUT2D eigenvalue weighted by atomic mass is 10.2. The summed E-state index contributed by atoms with van der Waals surface area (Å²) in [5.74, 6) is 4.97. The minimum Gasteiger partial charge on any atom is -0.383 e. The number of nitrogens with two attached hydrogens (primary N) is 1. The fourth-order valence-corrected chi connectivity index (χ4v) is 1.99. The van der Waals surface area contributed by atoms with Gasteiger partial charge in [-0.25, -0.2) is 5.84 Å². The van der Waals surface area contributed by atoms with E-state index in [2.05, 4.69) is 17.2 Å². The first-order valence-corrected chi connectivity index (χ1v) is 4.95. The van der Waals surface area contributed by atoms with E-state index in [0.717, 1.165) is 19.4 Å². The molecule has 3 N–H and O–H groups in total. The van der Waals surface area contributed by atoms with Crippen LogP contribution in [0, 0.1) is 0 Å². The van der Waals surface area contributed by atoms with Crippen molar-refractivity contribution in [1.82, 2.24) is 10.3 Å². The molecule has 1 rings (SSSR count). The van der Waals surface area contributed by atoms with E-state index < -0.39 is 0 Å². The Kier molecular flexibility index (Phi) is 4.31. The molecule has 1 aliphatic heterocycles. The molecular weight excluding hydrogens is 182 g/mol. The van der Waals surface area contributed by atoms with E-state index in [9.17, 15) is 4.79 Å². The fourth-order valence-electron chi connectivity index (χ4n) is 1.99. The van der Waals surface area contributed by atoms with Crippen molar-refractivity contribution < 1.29 is 9.53 Å². The summed E-state index contributed by atoms with van der Waals surface area (Å²) in [4.78, 5) is 13.6. The highest BCUT2D eigenvalue weighted by molar-refractivity contribution is 5.81. The van der Waals surface area contributed by atoms with Gasteiger partial charge in [0.2, 0.25) is 0 Å². The molecule has 1 fully saturated rings. The molecule has 0 aromatic rings. The summed E-state index contributed by atoms with van der Waals surface area (Å²) in [5.41, 5.74) is 2.19. The van der Waals surface area contributed by atoms with Crippen LogP contribution in [0.1, 0.15) is 19.8 Å². The van der Waals surface area contributed by atoms with Crippen molar-refractivity contribution in [1.29, 1.82) is 0 Å². The van der Waals surface area contributed by atoms with Crippen molar-refractivity contribution in [2.75, 3.05) is 20.3 Å². The third kappa shape index (κ3) is 2.43. The predicted octanol–water partition coefficient (Wildman–Crippen LogP) is -0.524. The van der Waals surface area contributed by atoms with Crippen LogP contribution < -0.4 is 11.3 Å². The summed E-state index contributed by atoms with van der Waals surface area (Å²) >= 11 is 0. The van der Waals surface area contributed by atoms with Gasteiger partial charge < -0.3 is 4.74 Å². The first-order valence-electron chi connectivity index (χ1n) is 4.95. The molecule has 14 heavy (non-hydrogen) atoms. The maximum atomic E-state index is 11.5. The average Bonchev–Trinajstić information content (AvgIpc) is 2.60. The summed E-state index contributed by atoms with van der Waals surface area (Å²) in [6, 6.07) is 0.190. The number of carbonyl (C=O) groups excluding carboxylic acids is 1. The van der Waals surface area contributed by atoms with Crippen LogP contribution in [0.3, 0.4) is 0 Å². The number of rotatable bonds is 4. The number of methoxy groups -OCH3 is 1. The molecule has 2 atom stereocenters. The molecule has 1 aliphatic rings. The number of nitrogens with one attached hydrogen (secondary N) is 1. The molecule has 0 radical (unpaired) electrons. The van der Waals surface area contributed by atoms with Crippen molar-refractivity contribution >= 4 is 5.91 Å². The number of amides is 1. The lowest BCUT2D eigenvalue weighted by Crippen LogP contribution is -2.52. The molecule has 0 aromatic carbocycles. The maximum absolute atomic E-state index is 11.5. The van der Waals surface area contributed by atoms with Gasteiger partial charge in [-0.05, 0) is 26.3 Å². The van der Waals surface area contributed by atoms with E-state index in [4.69, 9.17) is 10.6 Å². The van der Waals surface area contributed by atoms with Gasteiger partial charge in [-0.1, -0.05) is 0 Å². The van der Waals surface area contributed by atoms with Crippen LogP contribution in [-0.2, 0) is 9.53 Å². The van der Waals surface area contributed by atoms with Gasteiger partial charge in [0.15, 0.2) is 0 Å². The Morgan fingerprint density at radius 1 is 1.79 bits per heavy atom. The number of nitrogens with zero attached hydrogens (tertiary/aromatic N) is 1. The molecule has 0 aromatic heterocycles. The third-order valence-electron chi connectivity index (χ3n) is 2.77. The molecule has 82 valence electrons. The minimum atomic E-state index is -0.248. The molecule has 0 spiro atoms. The Balaban J connectivity index is 2.61. The zero-order valence-corrected chi connectivity index (χ0v) is 8.82. The van der Waals surface area contributed by atoms with E-state index >= 15 is 0 Å². The number of hydrazine groups is 1. The van der Waals surface area contributed by atoms with E-state index in [1.807, 2.05) is 0 Å². The highest BCUT2D eigenvalue weighted by Crippen LogP contribution is 2.19. The molecular formula is C9H19N3O2. The molecule has 5 heteroatoms. The third-order valence-corrected chi connectivity index (χ3v) is 2.77. The largest absolute Gasteiger partial charge is 0.383 e. The van der Waals surface area contributed by atoms with Gasteiger partial charge in [-0.3, -0.25) is 15.1 Å². The SMILES string of the molecule is COCC(C(=O)NN)N1CCCC1C. The summed E-state index contributed by atoms with van der Waals surface area (Å²) in [6.45, 7) is 3.47. The fraction of sp³-hybridized carbons (Fsp3) is 0.889. The van der Waals surface area contributed by atoms with Crippen molar-refractivity contribution in [3.8, 4) is 0 Å². The van der Waals surface area contributed by atoms with Gasteiger partial charge in [0.25, 0.3) is 5.91 Å². The van der Waals surface area contributed by atoms with E-state index in [-0.39, 0.29) is 11.9 Å². The van der Waals surface area contributed by atoms with Crippen LogP contribution >= 0.6 is 0 Å². The Morgan fingerprint density at radius 3 is 2.93 bits per heavy atom. The van der Waals surface area contributed by atoms with Crippen LogP contribution in [0.25, 0.3) is 0 Å². The highest BCUT2D eigenvalue weighted by atomic mass is 16.5. The maximum Gasteiger partial charge on any atom is 0.253 e. The zero-order chi connectivity index (χ0) is 10.6. The van der Waals surface area contributed by atoms with E-state index in [1.54, 1.807) is 7.11 Å². The van der Waals surface area contributed by atoms with Gasteiger partial charge in [0.1, 0.15) is 6.04 Å². The molecule has 5 nitrogen and oxygen atoms in total. The summed E-state index contributed by atoms with van der Waals surface area (Å²) < 4.78 is 5.03. The Labute approximate surface area is 84.5 Å². The van der Waals surface area contributed by atoms with Crippen molar-refractivity contribution in [2.24, 2.45) is 5.84 Å². The second kappa shape index (κ2) is 5.29. The van der Waals surface area contributed by atoms with E-state index in [0.29, 0.717) is 12.6 Å². The molecule has 0 bridgehead atoms. The highest BCUT2D eigenvalue weighted by Gasteiger charge is 2.31. The molecule has 0 saturated carbocycles. The van der Waals surface area contributed by atoms with Gasteiger partial charge in [-0.2, -0.15) is 0 Å². The normalized spacial score (nSPS) is 24.9. The predicted molar refractivity (Wildman–Crippen MR) is 53.4 cm³/mol. The van der Waals surface area contributed by atoms with Crippen LogP contribution in [0.5, 0.6) is 0 Å². The van der Waals surface area contributed by atoms with E-state index in [1.165, 1.54) is 0 Å². The smallest absolute Gasteiger partial charge is 0.253 e. The van der Waals surface area contributed by atoms with Gasteiger partial charge in [-0.15, -0.1) is 0 Å². The molecule has 0 aliphatic carbocycles. The first-order chi connectivity index (χ1) is 6.70. The Bertz CT molecular complexity index is 198. The van der Waals surface area contributed by atoms with Gasteiger partial charge in [0.05, 0.1) is 6.61 Å². The van der Waals surface area contributed by atoms with Crippen LogP contribution in [0.4, 0.5) is 0 Å². The topological polar surface area (TPSA) is 67.6 Å². The summed E-state index contributed by atoms with van der Waals surface area (Å²) in [7, 11) is 1.59. The number of hydrogen-bond acceptors (Lipinski definition) is 4. The number of likely N-dealkylation sites (tertiary alicyclic amines) is 1. The average molecular weight is 201 g/mol. The number of ether oxygens (including phenoxy) is 1. The van der Waals surface area contributed by atoms with Gasteiger partial charge >= 0.3 is 0 Å². The monoisotopic (exact) mass is 201 g/mol. The molecule has 1 amide bonds. The van der Waals surface area contributed by atoms with Crippen LogP contribution in [-0.4, -0.2) is 43.2 Å².